The van der Waals surface area contributed by atoms with Crippen LogP contribution in [0.4, 0.5) is 8.78 Å². The van der Waals surface area contributed by atoms with Crippen LogP contribution in [0, 0.1) is 0 Å². The van der Waals surface area contributed by atoms with E-state index >= 15 is 0 Å². The zero-order valence-corrected chi connectivity index (χ0v) is 9.62. The fourth-order valence-corrected chi connectivity index (χ4v) is 1.63. The summed E-state index contributed by atoms with van der Waals surface area (Å²) < 4.78 is 29.3. The van der Waals surface area contributed by atoms with Gasteiger partial charge in [-0.1, -0.05) is 11.2 Å². The van der Waals surface area contributed by atoms with Gasteiger partial charge < -0.3 is 15.7 Å². The molecule has 0 aliphatic heterocycles. The van der Waals surface area contributed by atoms with E-state index < -0.39 is 13.0 Å². The minimum Gasteiger partial charge on any atom is -0.487 e. The Labute approximate surface area is 98.8 Å². The van der Waals surface area contributed by atoms with E-state index in [1.54, 1.807) is 12.1 Å². The van der Waals surface area contributed by atoms with E-state index in [9.17, 15) is 8.78 Å². The molecule has 7 heteroatoms. The third-order valence-corrected chi connectivity index (χ3v) is 2.36. The highest BCUT2D eigenvalue weighted by Gasteiger charge is 2.14. The molecule has 16 heavy (non-hydrogen) atoms. The molecule has 0 fully saturated rings. The number of rotatable bonds is 4. The molecule has 0 aliphatic rings. The first-order valence-electron chi connectivity index (χ1n) is 4.23. The van der Waals surface area contributed by atoms with Gasteiger partial charge in [0.25, 0.3) is 6.43 Å². The third-order valence-electron chi connectivity index (χ3n) is 1.70. The maximum Gasteiger partial charge on any atom is 0.272 e. The van der Waals surface area contributed by atoms with E-state index in [0.717, 1.165) is 0 Å². The lowest BCUT2D eigenvalue weighted by atomic mass is 10.2. The molecule has 0 radical (unpaired) electrons. The number of amidine groups is 1. The lowest BCUT2D eigenvalue weighted by molar-refractivity contribution is 0.0817. The summed E-state index contributed by atoms with van der Waals surface area (Å²) in [6.07, 6.45) is -2.58. The molecule has 1 aromatic rings. The van der Waals surface area contributed by atoms with Crippen molar-refractivity contribution < 1.29 is 18.7 Å². The summed E-state index contributed by atoms with van der Waals surface area (Å²) in [6, 6.07) is 4.68. The van der Waals surface area contributed by atoms with Crippen LogP contribution in [0.2, 0.25) is 0 Å². The first kappa shape index (κ1) is 12.7. The maximum atomic E-state index is 12.0. The fraction of sp³-hybridized carbons (Fsp3) is 0.222. The highest BCUT2D eigenvalue weighted by Crippen LogP contribution is 2.26. The summed E-state index contributed by atoms with van der Waals surface area (Å²) in [5.41, 5.74) is 5.65. The Balaban J connectivity index is 3.03. The van der Waals surface area contributed by atoms with Gasteiger partial charge in [0, 0.05) is 4.47 Å². The molecule has 0 aliphatic carbocycles. The molecule has 1 rings (SSSR count). The molecule has 0 bridgehead atoms. The van der Waals surface area contributed by atoms with Crippen LogP contribution < -0.4 is 10.5 Å². The first-order chi connectivity index (χ1) is 7.56. The van der Waals surface area contributed by atoms with Gasteiger partial charge in [0.2, 0.25) is 0 Å². The summed E-state index contributed by atoms with van der Waals surface area (Å²) in [5.74, 6) is -0.0817. The van der Waals surface area contributed by atoms with Gasteiger partial charge in [-0.3, -0.25) is 0 Å². The van der Waals surface area contributed by atoms with Crippen LogP contribution in [-0.4, -0.2) is 24.1 Å². The molecular weight excluding hydrogens is 286 g/mol. The number of ether oxygens (including phenoxy) is 1. The predicted molar refractivity (Wildman–Crippen MR) is 58.2 cm³/mol. The molecule has 0 amide bonds. The van der Waals surface area contributed by atoms with Gasteiger partial charge in [-0.15, -0.1) is 0 Å². The second kappa shape index (κ2) is 5.64. The van der Waals surface area contributed by atoms with Crippen molar-refractivity contribution in [3.8, 4) is 5.75 Å². The SMILES string of the molecule is N/C(=N/O)c1c(Br)cccc1OCC(F)F. The Morgan fingerprint density at radius 3 is 2.81 bits per heavy atom. The number of alkyl halides is 2. The lowest BCUT2D eigenvalue weighted by Crippen LogP contribution is -2.17. The predicted octanol–water partition coefficient (Wildman–Crippen LogP) is 2.19. The van der Waals surface area contributed by atoms with Crippen LogP contribution >= 0.6 is 15.9 Å². The van der Waals surface area contributed by atoms with E-state index in [0.29, 0.717) is 4.47 Å². The van der Waals surface area contributed by atoms with Crippen LogP contribution in [0.1, 0.15) is 5.56 Å². The zero-order chi connectivity index (χ0) is 12.1. The van der Waals surface area contributed by atoms with E-state index in [-0.39, 0.29) is 17.1 Å². The minimum absolute atomic E-state index is 0.130. The number of hydrogen-bond donors (Lipinski definition) is 2. The van der Waals surface area contributed by atoms with Gasteiger partial charge in [0.05, 0.1) is 5.56 Å². The van der Waals surface area contributed by atoms with Gasteiger partial charge in [-0.25, -0.2) is 8.78 Å². The quantitative estimate of drug-likeness (QED) is 0.387. The Morgan fingerprint density at radius 1 is 1.56 bits per heavy atom. The molecule has 0 saturated heterocycles. The summed E-state index contributed by atoms with van der Waals surface area (Å²) in [6.45, 7) is -0.748. The van der Waals surface area contributed by atoms with E-state index in [1.165, 1.54) is 6.07 Å². The summed E-state index contributed by atoms with van der Waals surface area (Å²) in [7, 11) is 0. The number of halogens is 3. The fourth-order valence-electron chi connectivity index (χ4n) is 1.08. The Bertz CT molecular complexity index is 399. The van der Waals surface area contributed by atoms with Gasteiger partial charge in [0.1, 0.15) is 12.4 Å². The van der Waals surface area contributed by atoms with E-state index in [2.05, 4.69) is 21.1 Å². The second-order valence-electron chi connectivity index (χ2n) is 2.80. The van der Waals surface area contributed by atoms with Crippen molar-refractivity contribution in [1.82, 2.24) is 0 Å². The zero-order valence-electron chi connectivity index (χ0n) is 8.03. The Morgan fingerprint density at radius 2 is 2.25 bits per heavy atom. The van der Waals surface area contributed by atoms with Crippen molar-refractivity contribution in [2.24, 2.45) is 10.9 Å². The maximum absolute atomic E-state index is 12.0. The summed E-state index contributed by atoms with van der Waals surface area (Å²) in [4.78, 5) is 0. The number of hydrogen-bond acceptors (Lipinski definition) is 3. The van der Waals surface area contributed by atoms with Crippen molar-refractivity contribution in [1.29, 1.82) is 0 Å². The number of oxime groups is 1. The average molecular weight is 295 g/mol. The van der Waals surface area contributed by atoms with Crippen LogP contribution in [0.15, 0.2) is 27.8 Å². The van der Waals surface area contributed by atoms with Crippen LogP contribution in [0.3, 0.4) is 0 Å². The topological polar surface area (TPSA) is 67.8 Å². The van der Waals surface area contributed by atoms with Gasteiger partial charge >= 0.3 is 0 Å². The first-order valence-corrected chi connectivity index (χ1v) is 5.03. The van der Waals surface area contributed by atoms with Crippen molar-refractivity contribution in [2.75, 3.05) is 6.61 Å². The van der Waals surface area contributed by atoms with Gasteiger partial charge in [-0.05, 0) is 28.1 Å². The highest BCUT2D eigenvalue weighted by molar-refractivity contribution is 9.10. The van der Waals surface area contributed by atoms with E-state index in [4.69, 9.17) is 15.7 Å². The number of benzene rings is 1. The van der Waals surface area contributed by atoms with Crippen molar-refractivity contribution in [2.45, 2.75) is 6.43 Å². The molecular formula is C9H9BrF2N2O2. The largest absolute Gasteiger partial charge is 0.487 e. The standard InChI is InChI=1S/C9H9BrF2N2O2/c10-5-2-1-3-6(16-4-7(11)12)8(5)9(13)14-15/h1-3,7,15H,4H2,(H2,13,14). The Hall–Kier alpha value is -1.37. The highest BCUT2D eigenvalue weighted by atomic mass is 79.9. The minimum atomic E-state index is -2.58. The summed E-state index contributed by atoms with van der Waals surface area (Å²) >= 11 is 3.16. The average Bonchev–Trinajstić information content (AvgIpc) is 2.25. The molecule has 88 valence electrons. The van der Waals surface area contributed by atoms with Gasteiger partial charge in [0.15, 0.2) is 5.84 Å². The second-order valence-corrected chi connectivity index (χ2v) is 3.65. The molecule has 0 unspecified atom stereocenters. The normalized spacial score (nSPS) is 11.9. The molecule has 4 nitrogen and oxygen atoms in total. The molecule has 0 saturated carbocycles. The molecule has 0 spiro atoms. The molecule has 1 aromatic carbocycles. The van der Waals surface area contributed by atoms with Crippen LogP contribution in [0.5, 0.6) is 5.75 Å². The van der Waals surface area contributed by atoms with Crippen molar-refractivity contribution >= 4 is 21.8 Å². The smallest absolute Gasteiger partial charge is 0.272 e. The van der Waals surface area contributed by atoms with Crippen LogP contribution in [0.25, 0.3) is 0 Å². The molecule has 0 heterocycles. The van der Waals surface area contributed by atoms with E-state index in [1.807, 2.05) is 0 Å². The Kier molecular flexibility index (Phi) is 4.48. The third kappa shape index (κ3) is 3.06. The molecule has 0 atom stereocenters. The van der Waals surface area contributed by atoms with Crippen molar-refractivity contribution in [3.05, 3.63) is 28.2 Å². The van der Waals surface area contributed by atoms with Gasteiger partial charge in [-0.2, -0.15) is 0 Å². The molecule has 0 aromatic heterocycles. The molecule has 3 N–H and O–H groups in total. The number of nitrogens with zero attached hydrogens (tertiary/aromatic N) is 1. The monoisotopic (exact) mass is 294 g/mol. The lowest BCUT2D eigenvalue weighted by Gasteiger charge is -2.11. The van der Waals surface area contributed by atoms with Crippen LogP contribution in [-0.2, 0) is 0 Å². The summed E-state index contributed by atoms with van der Waals surface area (Å²) in [5, 5.41) is 11.4. The van der Waals surface area contributed by atoms with Crippen molar-refractivity contribution in [3.63, 3.8) is 0 Å². The number of nitrogens with two attached hydrogens (primary N) is 1.